The van der Waals surface area contributed by atoms with Crippen molar-refractivity contribution in [1.29, 1.82) is 0 Å². The topological polar surface area (TPSA) is 127 Å². The predicted molar refractivity (Wildman–Crippen MR) is 181 cm³/mol. The molecule has 1 aromatic carbocycles. The zero-order valence-electron chi connectivity index (χ0n) is 24.6. The molecule has 244 valence electrons. The van der Waals surface area contributed by atoms with E-state index in [1.54, 1.807) is 29.0 Å². The lowest BCUT2D eigenvalue weighted by atomic mass is 9.70. The van der Waals surface area contributed by atoms with Gasteiger partial charge in [-0.25, -0.2) is 26.9 Å². The Hall–Kier alpha value is -1.79. The molecule has 1 saturated heterocycles. The van der Waals surface area contributed by atoms with Crippen LogP contribution >= 0.6 is 53.1 Å². The lowest BCUT2D eigenvalue weighted by molar-refractivity contribution is -0.159. The summed E-state index contributed by atoms with van der Waals surface area (Å²) in [5, 5.41) is 5.20. The number of allylic oxidation sites excluding steroid dienone is 1. The van der Waals surface area contributed by atoms with E-state index in [9.17, 15) is 22.4 Å². The minimum atomic E-state index is -3.65. The Morgan fingerprint density at radius 2 is 2.00 bits per heavy atom. The minimum absolute atomic E-state index is 0.117. The van der Waals surface area contributed by atoms with Crippen molar-refractivity contribution in [3.63, 3.8) is 0 Å². The average molecular weight is 811 g/mol. The average Bonchev–Trinajstić information content (AvgIpc) is 3.54. The van der Waals surface area contributed by atoms with Gasteiger partial charge in [-0.1, -0.05) is 26.6 Å². The molecule has 1 N–H and O–H groups in total. The third kappa shape index (κ3) is 7.37. The molecule has 1 atom stereocenters. The Bertz CT molecular complexity index is 1590. The minimum Gasteiger partial charge on any atom is -0.464 e. The molecule has 3 aliphatic rings. The molecular formula is C29H33ClFIN4O6S3. The van der Waals surface area contributed by atoms with Gasteiger partial charge in [0.05, 0.1) is 22.8 Å². The first-order valence-corrected chi connectivity index (χ1v) is 20.8. The molecule has 0 radical (unpaired) electrons. The van der Waals surface area contributed by atoms with Crippen LogP contribution in [-0.4, -0.2) is 72.8 Å². The Morgan fingerprint density at radius 3 is 2.62 bits per heavy atom. The third-order valence-electron chi connectivity index (χ3n) is 8.35. The van der Waals surface area contributed by atoms with Crippen LogP contribution in [-0.2, 0) is 29.1 Å². The third-order valence-corrected chi connectivity index (χ3v) is 13.4. The fourth-order valence-corrected chi connectivity index (χ4v) is 9.83. The van der Waals surface area contributed by atoms with Crippen LogP contribution in [0.1, 0.15) is 56.1 Å². The predicted octanol–water partition coefficient (Wildman–Crippen LogP) is 5.68. The number of piperidine rings is 1. The number of sulfonamides is 1. The van der Waals surface area contributed by atoms with Gasteiger partial charge in [-0.2, -0.15) is 0 Å². The van der Waals surface area contributed by atoms with Crippen molar-refractivity contribution in [2.75, 3.05) is 32.1 Å². The number of ether oxygens (including phenoxy) is 2. The van der Waals surface area contributed by atoms with E-state index >= 15 is 0 Å². The van der Waals surface area contributed by atoms with Gasteiger partial charge in [0, 0.05) is 52.6 Å². The van der Waals surface area contributed by atoms with Gasteiger partial charge < -0.3 is 14.8 Å². The van der Waals surface area contributed by atoms with Crippen molar-refractivity contribution in [2.24, 2.45) is 16.3 Å². The summed E-state index contributed by atoms with van der Waals surface area (Å²) in [5.74, 6) is -0.576. The van der Waals surface area contributed by atoms with Gasteiger partial charge in [-0.3, -0.25) is 9.79 Å². The van der Waals surface area contributed by atoms with Crippen molar-refractivity contribution in [3.05, 3.63) is 62.5 Å². The molecule has 16 heteroatoms. The van der Waals surface area contributed by atoms with Crippen molar-refractivity contribution < 1.29 is 31.9 Å². The van der Waals surface area contributed by atoms with Crippen molar-refractivity contribution >= 4 is 80.9 Å². The highest BCUT2D eigenvalue weighted by Crippen LogP contribution is 2.47. The second kappa shape index (κ2) is 14.5. The molecule has 1 saturated carbocycles. The van der Waals surface area contributed by atoms with Crippen molar-refractivity contribution in [1.82, 2.24) is 14.6 Å². The van der Waals surface area contributed by atoms with E-state index in [4.69, 9.17) is 26.1 Å². The van der Waals surface area contributed by atoms with E-state index in [1.165, 1.54) is 33.8 Å². The normalized spacial score (nSPS) is 24.4. The number of nitrogens with zero attached hydrogens (tertiary/aromatic N) is 3. The number of carbonyl (C=O) groups is 2. The Balaban J connectivity index is 1.38. The summed E-state index contributed by atoms with van der Waals surface area (Å²) in [7, 11) is -2.10. The van der Waals surface area contributed by atoms with Crippen LogP contribution in [0.3, 0.4) is 0 Å². The van der Waals surface area contributed by atoms with E-state index in [2.05, 4.69) is 31.5 Å². The van der Waals surface area contributed by atoms with E-state index < -0.39 is 38.5 Å². The van der Waals surface area contributed by atoms with Gasteiger partial charge in [-0.05, 0) is 72.9 Å². The first-order valence-electron chi connectivity index (χ1n) is 14.5. The van der Waals surface area contributed by atoms with Crippen LogP contribution in [0.4, 0.5) is 4.39 Å². The monoisotopic (exact) mass is 810 g/mol. The Labute approximate surface area is 287 Å². The van der Waals surface area contributed by atoms with Crippen molar-refractivity contribution in [2.45, 2.75) is 50.8 Å². The van der Waals surface area contributed by atoms with Crippen LogP contribution in [0.15, 0.2) is 46.0 Å². The standard InChI is InChI=1S/C29H33ClFIN4O6S3/c1-3-41-27(37)22-23(34-25(26-33-8-12-43-26)35-24(22)20-5-4-18(31)14-21(20)30)17-6-9-36(10-7-17)45(39,40)19-15-29(2,16-19)28(38)42-11-13-44-32/h4-5,8,12,14,17,19,24H,3,6-7,9-11,13,15-16H2,1-2H3,(H,34,35). The molecule has 45 heavy (non-hydrogen) atoms. The fourth-order valence-electron chi connectivity index (χ4n) is 5.99. The van der Waals surface area contributed by atoms with E-state index in [0.717, 1.165) is 0 Å². The van der Waals surface area contributed by atoms with Crippen LogP contribution in [0, 0.1) is 17.2 Å². The number of thiazole rings is 1. The fraction of sp³-hybridized carbons (Fsp3) is 0.517. The Morgan fingerprint density at radius 1 is 1.27 bits per heavy atom. The van der Waals surface area contributed by atoms with E-state index in [-0.39, 0.29) is 55.0 Å². The van der Waals surface area contributed by atoms with E-state index in [1.807, 2.05) is 5.38 Å². The molecule has 5 rings (SSSR count). The van der Waals surface area contributed by atoms with Gasteiger partial charge in [0.2, 0.25) is 10.0 Å². The van der Waals surface area contributed by atoms with Crippen LogP contribution in [0.25, 0.3) is 0 Å². The number of aromatic nitrogens is 1. The first kappa shape index (κ1) is 34.5. The number of esters is 2. The molecular weight excluding hydrogens is 778 g/mol. The summed E-state index contributed by atoms with van der Waals surface area (Å²) in [5.41, 5.74) is 0.453. The van der Waals surface area contributed by atoms with Gasteiger partial charge in [0.1, 0.15) is 18.5 Å². The number of amidine groups is 1. The van der Waals surface area contributed by atoms with E-state index in [0.29, 0.717) is 47.3 Å². The first-order chi connectivity index (χ1) is 21.5. The number of hydrogen-bond donors (Lipinski definition) is 1. The number of nitrogens with one attached hydrogen (secondary N) is 1. The summed E-state index contributed by atoms with van der Waals surface area (Å²) in [4.78, 5) is 35.3. The molecule has 0 spiro atoms. The molecule has 0 amide bonds. The number of halogens is 3. The largest absolute Gasteiger partial charge is 0.464 e. The summed E-state index contributed by atoms with van der Waals surface area (Å²) in [6.07, 6.45) is 2.95. The maximum Gasteiger partial charge on any atom is 0.338 e. The lowest BCUT2D eigenvalue weighted by Gasteiger charge is -2.45. The molecule has 0 bridgehead atoms. The summed E-state index contributed by atoms with van der Waals surface area (Å²) < 4.78 is 53.5. The molecule has 2 fully saturated rings. The van der Waals surface area contributed by atoms with Crippen molar-refractivity contribution in [3.8, 4) is 0 Å². The van der Waals surface area contributed by atoms with Crippen LogP contribution in [0.2, 0.25) is 5.02 Å². The molecule has 2 aromatic rings. The van der Waals surface area contributed by atoms with Gasteiger partial charge in [0.25, 0.3) is 0 Å². The molecule has 3 heterocycles. The number of hydrogen-bond acceptors (Lipinski definition) is 11. The quantitative estimate of drug-likeness (QED) is 0.173. The maximum atomic E-state index is 14.0. The highest BCUT2D eigenvalue weighted by molar-refractivity contribution is 14.2. The van der Waals surface area contributed by atoms with Gasteiger partial charge in [0.15, 0.2) is 10.8 Å². The Kier molecular flexibility index (Phi) is 11.2. The summed E-state index contributed by atoms with van der Waals surface area (Å²) in [6.45, 7) is 4.37. The smallest absolute Gasteiger partial charge is 0.338 e. The second-order valence-corrected chi connectivity index (χ2v) is 17.3. The zero-order chi connectivity index (χ0) is 32.4. The molecule has 1 aromatic heterocycles. The van der Waals surface area contributed by atoms with Crippen LogP contribution in [0.5, 0.6) is 0 Å². The number of benzene rings is 1. The van der Waals surface area contributed by atoms with Gasteiger partial charge >= 0.3 is 11.9 Å². The van der Waals surface area contributed by atoms with Gasteiger partial charge in [-0.15, -0.1) is 11.3 Å². The number of aliphatic imine (C=N–C) groups is 1. The highest BCUT2D eigenvalue weighted by Gasteiger charge is 2.54. The lowest BCUT2D eigenvalue weighted by Crippen LogP contribution is -2.54. The maximum absolute atomic E-state index is 14.0. The number of rotatable bonds is 11. The molecule has 10 nitrogen and oxygen atoms in total. The summed E-state index contributed by atoms with van der Waals surface area (Å²) >= 11 is 9.99. The number of carbonyl (C=O) groups excluding carboxylic acids is 2. The molecule has 1 aliphatic carbocycles. The zero-order valence-corrected chi connectivity index (χ0v) is 30.0. The SMILES string of the molecule is CCOC(=O)C1=C(C2CCN(S(=O)(=O)C3CC(C)(C(=O)OCCSI)C3)CC2)NC(c2nccs2)=NC1c1ccc(F)cc1Cl. The van der Waals surface area contributed by atoms with Crippen LogP contribution < -0.4 is 5.32 Å². The molecule has 2 aliphatic heterocycles. The second-order valence-electron chi connectivity index (χ2n) is 11.3. The summed E-state index contributed by atoms with van der Waals surface area (Å²) in [6, 6.07) is 3.06. The highest BCUT2D eigenvalue weighted by atomic mass is 127. The molecule has 1 unspecified atom stereocenters.